The predicted molar refractivity (Wildman–Crippen MR) is 74.9 cm³/mol. The summed E-state index contributed by atoms with van der Waals surface area (Å²) in [7, 11) is 0. The zero-order valence-electron chi connectivity index (χ0n) is 10.9. The van der Waals surface area contributed by atoms with E-state index in [0.717, 1.165) is 0 Å². The fraction of sp³-hybridized carbons (Fsp3) is 0.286. The highest BCUT2D eigenvalue weighted by molar-refractivity contribution is 9.10. The number of hydrogen-bond donors (Lipinski definition) is 0. The molecule has 0 saturated heterocycles. The normalized spacial score (nSPS) is 11.1. The first-order valence-corrected chi connectivity index (χ1v) is 6.75. The lowest BCUT2D eigenvalue weighted by molar-refractivity contribution is 0.102. The molecule has 0 aliphatic rings. The molecular weight excluding hydrogens is 311 g/mol. The number of carbonyl (C=O) groups excluding carboxylic acids is 1. The van der Waals surface area contributed by atoms with Crippen LogP contribution in [0.5, 0.6) is 0 Å². The van der Waals surface area contributed by atoms with E-state index in [-0.39, 0.29) is 17.6 Å². The van der Waals surface area contributed by atoms with E-state index in [1.807, 2.05) is 13.8 Å². The Morgan fingerprint density at radius 3 is 2.68 bits per heavy atom. The van der Waals surface area contributed by atoms with Crippen molar-refractivity contribution in [1.29, 1.82) is 0 Å². The van der Waals surface area contributed by atoms with Gasteiger partial charge in [-0.2, -0.15) is 5.10 Å². The van der Waals surface area contributed by atoms with Gasteiger partial charge in [-0.15, -0.1) is 0 Å². The van der Waals surface area contributed by atoms with Crippen LogP contribution >= 0.6 is 15.9 Å². The summed E-state index contributed by atoms with van der Waals surface area (Å²) in [4.78, 5) is 12.5. The average Bonchev–Trinajstić information content (AvgIpc) is 2.74. The summed E-state index contributed by atoms with van der Waals surface area (Å²) in [6.07, 6.45) is 1.58. The molecule has 0 radical (unpaired) electrons. The number of benzene rings is 1. The molecule has 100 valence electrons. The number of nitrogens with zero attached hydrogens (tertiary/aromatic N) is 2. The Hall–Kier alpha value is -1.49. The average molecular weight is 325 g/mol. The van der Waals surface area contributed by atoms with Crippen LogP contribution in [0.3, 0.4) is 0 Å². The van der Waals surface area contributed by atoms with Gasteiger partial charge < -0.3 is 0 Å². The molecule has 0 bridgehead atoms. The van der Waals surface area contributed by atoms with Crippen LogP contribution in [0.25, 0.3) is 0 Å². The van der Waals surface area contributed by atoms with Crippen LogP contribution in [0.2, 0.25) is 0 Å². The van der Waals surface area contributed by atoms with E-state index in [4.69, 9.17) is 0 Å². The van der Waals surface area contributed by atoms with Crippen LogP contribution < -0.4 is 0 Å². The lowest BCUT2D eigenvalue weighted by atomic mass is 10.1. The second kappa shape index (κ2) is 5.25. The number of ketones is 1. The minimum absolute atomic E-state index is 0.0561. The van der Waals surface area contributed by atoms with Crippen molar-refractivity contribution in [3.8, 4) is 0 Å². The topological polar surface area (TPSA) is 34.9 Å². The zero-order chi connectivity index (χ0) is 14.2. The molecule has 5 heteroatoms. The predicted octanol–water partition coefficient (Wildman–Crippen LogP) is 3.91. The molecule has 3 nitrogen and oxygen atoms in total. The van der Waals surface area contributed by atoms with Gasteiger partial charge >= 0.3 is 0 Å². The smallest absolute Gasteiger partial charge is 0.212 e. The van der Waals surface area contributed by atoms with Gasteiger partial charge in [-0.3, -0.25) is 9.48 Å². The second-order valence-corrected chi connectivity index (χ2v) is 5.53. The van der Waals surface area contributed by atoms with Crippen molar-refractivity contribution in [2.45, 2.75) is 26.8 Å². The molecule has 0 aliphatic carbocycles. The van der Waals surface area contributed by atoms with Crippen molar-refractivity contribution in [2.75, 3.05) is 0 Å². The van der Waals surface area contributed by atoms with Gasteiger partial charge in [0, 0.05) is 11.6 Å². The highest BCUT2D eigenvalue weighted by Crippen LogP contribution is 2.23. The maximum atomic E-state index is 13.6. The van der Waals surface area contributed by atoms with Crippen molar-refractivity contribution < 1.29 is 9.18 Å². The van der Waals surface area contributed by atoms with Gasteiger partial charge in [-0.25, -0.2) is 4.39 Å². The summed E-state index contributed by atoms with van der Waals surface area (Å²) in [6.45, 7) is 5.54. The first kappa shape index (κ1) is 13.9. The first-order valence-electron chi connectivity index (χ1n) is 5.95. The highest BCUT2D eigenvalue weighted by Gasteiger charge is 2.20. The molecule has 0 saturated carbocycles. The standard InChI is InChI=1S/C14H14BrFN2O/c1-8(2)18-13(11(15)7-17-18)14(19)10-5-4-9(3)12(16)6-10/h4-8H,1-3H3. The van der Waals surface area contributed by atoms with Crippen LogP contribution in [0.4, 0.5) is 4.39 Å². The summed E-state index contributed by atoms with van der Waals surface area (Å²) in [5.74, 6) is -0.616. The number of aromatic nitrogens is 2. The third-order valence-corrected chi connectivity index (χ3v) is 3.47. The largest absolute Gasteiger partial charge is 0.287 e. The Morgan fingerprint density at radius 1 is 1.42 bits per heavy atom. The Morgan fingerprint density at radius 2 is 2.11 bits per heavy atom. The lowest BCUT2D eigenvalue weighted by Crippen LogP contribution is -2.14. The van der Waals surface area contributed by atoms with Crippen LogP contribution in [0.15, 0.2) is 28.9 Å². The minimum atomic E-state index is -0.377. The molecule has 1 heterocycles. The molecule has 0 spiro atoms. The molecule has 0 unspecified atom stereocenters. The van der Waals surface area contributed by atoms with Crippen LogP contribution in [-0.2, 0) is 0 Å². The molecule has 0 fully saturated rings. The van der Waals surface area contributed by atoms with Crippen molar-refractivity contribution in [3.63, 3.8) is 0 Å². The number of carbonyl (C=O) groups is 1. The fourth-order valence-electron chi connectivity index (χ4n) is 1.82. The summed E-state index contributed by atoms with van der Waals surface area (Å²) < 4.78 is 15.8. The molecule has 2 aromatic rings. The quantitative estimate of drug-likeness (QED) is 0.802. The second-order valence-electron chi connectivity index (χ2n) is 4.67. The minimum Gasteiger partial charge on any atom is -0.287 e. The van der Waals surface area contributed by atoms with E-state index < -0.39 is 0 Å². The number of hydrogen-bond acceptors (Lipinski definition) is 2. The van der Waals surface area contributed by atoms with Crippen molar-refractivity contribution >= 4 is 21.7 Å². The Kier molecular flexibility index (Phi) is 3.85. The number of halogens is 2. The summed E-state index contributed by atoms with van der Waals surface area (Å²) in [5.41, 5.74) is 1.29. The SMILES string of the molecule is Cc1ccc(C(=O)c2c(Br)cnn2C(C)C)cc1F. The molecule has 2 rings (SSSR count). The van der Waals surface area contributed by atoms with Gasteiger partial charge in [0.15, 0.2) is 0 Å². The molecule has 0 atom stereocenters. The van der Waals surface area contributed by atoms with Gasteiger partial charge in [0.2, 0.25) is 5.78 Å². The van der Waals surface area contributed by atoms with E-state index in [1.54, 1.807) is 29.9 Å². The molecule has 0 N–H and O–H groups in total. The van der Waals surface area contributed by atoms with E-state index >= 15 is 0 Å². The van der Waals surface area contributed by atoms with Gasteiger partial charge in [-0.05, 0) is 48.3 Å². The van der Waals surface area contributed by atoms with Crippen molar-refractivity contribution in [3.05, 3.63) is 51.5 Å². The molecule has 0 amide bonds. The highest BCUT2D eigenvalue weighted by atomic mass is 79.9. The van der Waals surface area contributed by atoms with E-state index in [0.29, 0.717) is 21.3 Å². The maximum absolute atomic E-state index is 13.6. The van der Waals surface area contributed by atoms with Crippen LogP contribution in [0, 0.1) is 12.7 Å². The Labute approximate surface area is 119 Å². The summed E-state index contributed by atoms with van der Waals surface area (Å²) in [5, 5.41) is 4.16. The van der Waals surface area contributed by atoms with E-state index in [9.17, 15) is 9.18 Å². The van der Waals surface area contributed by atoms with Crippen LogP contribution in [-0.4, -0.2) is 15.6 Å². The molecule has 0 aliphatic heterocycles. The maximum Gasteiger partial charge on any atom is 0.212 e. The molecule has 1 aromatic carbocycles. The van der Waals surface area contributed by atoms with Crippen molar-refractivity contribution in [2.24, 2.45) is 0 Å². The molecule has 19 heavy (non-hydrogen) atoms. The van der Waals surface area contributed by atoms with E-state index in [2.05, 4.69) is 21.0 Å². The van der Waals surface area contributed by atoms with E-state index in [1.165, 1.54) is 6.07 Å². The third kappa shape index (κ3) is 2.61. The molecular formula is C14H14BrFN2O. The molecule has 1 aromatic heterocycles. The Bertz CT molecular complexity index is 634. The summed E-state index contributed by atoms with van der Waals surface area (Å²) in [6, 6.07) is 4.56. The third-order valence-electron chi connectivity index (χ3n) is 2.89. The Balaban J connectivity index is 2.49. The number of aryl methyl sites for hydroxylation is 1. The zero-order valence-corrected chi connectivity index (χ0v) is 12.5. The lowest BCUT2D eigenvalue weighted by Gasteiger charge is -2.11. The number of rotatable bonds is 3. The first-order chi connectivity index (χ1) is 8.91. The van der Waals surface area contributed by atoms with Crippen LogP contribution in [0.1, 0.15) is 41.5 Å². The van der Waals surface area contributed by atoms with Gasteiger partial charge in [0.1, 0.15) is 11.5 Å². The summed E-state index contributed by atoms with van der Waals surface area (Å²) >= 11 is 3.32. The van der Waals surface area contributed by atoms with Gasteiger partial charge in [0.25, 0.3) is 0 Å². The van der Waals surface area contributed by atoms with Gasteiger partial charge in [0.05, 0.1) is 10.7 Å². The monoisotopic (exact) mass is 324 g/mol. The van der Waals surface area contributed by atoms with Crippen molar-refractivity contribution in [1.82, 2.24) is 9.78 Å². The fourth-order valence-corrected chi connectivity index (χ4v) is 2.27. The van der Waals surface area contributed by atoms with Gasteiger partial charge in [-0.1, -0.05) is 12.1 Å².